The van der Waals surface area contributed by atoms with E-state index in [4.69, 9.17) is 10.6 Å². The van der Waals surface area contributed by atoms with Crippen molar-refractivity contribution in [2.24, 2.45) is 12.9 Å². The van der Waals surface area contributed by atoms with Crippen molar-refractivity contribution in [3.05, 3.63) is 17.8 Å². The van der Waals surface area contributed by atoms with Crippen LogP contribution in [0.4, 0.5) is 5.95 Å². The van der Waals surface area contributed by atoms with Gasteiger partial charge in [-0.05, 0) is 11.4 Å². The number of hydrazine groups is 1. The van der Waals surface area contributed by atoms with E-state index in [9.17, 15) is 0 Å². The molecule has 3 rings (SSSR count). The Labute approximate surface area is 105 Å². The van der Waals surface area contributed by atoms with Crippen LogP contribution in [0.5, 0.6) is 11.9 Å². The van der Waals surface area contributed by atoms with Crippen LogP contribution in [0.3, 0.4) is 0 Å². The zero-order valence-corrected chi connectivity index (χ0v) is 10.2. The van der Waals surface area contributed by atoms with Gasteiger partial charge < -0.3 is 4.74 Å². The van der Waals surface area contributed by atoms with E-state index in [1.165, 1.54) is 11.3 Å². The second-order valence-corrected chi connectivity index (χ2v) is 4.33. The Morgan fingerprint density at radius 1 is 1.44 bits per heavy atom. The first-order valence-corrected chi connectivity index (χ1v) is 5.89. The average molecular weight is 263 g/mol. The molecule has 8 nitrogen and oxygen atoms in total. The molecule has 0 atom stereocenters. The molecule has 0 aliphatic carbocycles. The molecule has 3 heterocycles. The Morgan fingerprint density at radius 3 is 3.06 bits per heavy atom. The number of fused-ring (bicyclic) bond motifs is 1. The maximum absolute atomic E-state index is 5.53. The largest absolute Gasteiger partial charge is 0.403 e. The topological polar surface area (TPSA) is 104 Å². The molecule has 0 fully saturated rings. The number of hydrogen-bond acceptors (Lipinski definition) is 8. The minimum atomic E-state index is 0.228. The number of nitrogen functional groups attached to an aromatic ring is 1. The molecule has 0 spiro atoms. The summed E-state index contributed by atoms with van der Waals surface area (Å²) in [7, 11) is 1.76. The normalized spacial score (nSPS) is 10.8. The van der Waals surface area contributed by atoms with Crippen molar-refractivity contribution < 1.29 is 4.74 Å². The molecule has 0 aliphatic heterocycles. The highest BCUT2D eigenvalue weighted by molar-refractivity contribution is 7.16. The van der Waals surface area contributed by atoms with Crippen molar-refractivity contribution in [2.75, 3.05) is 5.43 Å². The summed E-state index contributed by atoms with van der Waals surface area (Å²) >= 11 is 1.47. The third-order valence-corrected chi connectivity index (χ3v) is 2.99. The second kappa shape index (κ2) is 4.20. The van der Waals surface area contributed by atoms with Gasteiger partial charge in [-0.1, -0.05) is 0 Å². The van der Waals surface area contributed by atoms with Crippen molar-refractivity contribution in [2.45, 2.75) is 0 Å². The third-order valence-electron chi connectivity index (χ3n) is 2.19. The molecule has 3 N–H and O–H groups in total. The molecule has 0 aromatic carbocycles. The molecule has 9 heteroatoms. The van der Waals surface area contributed by atoms with E-state index in [2.05, 4.69) is 25.5 Å². The van der Waals surface area contributed by atoms with Crippen LogP contribution >= 0.6 is 11.3 Å². The summed E-state index contributed by atoms with van der Waals surface area (Å²) in [4.78, 5) is 13.1. The number of aryl methyl sites for hydroxylation is 1. The zero-order valence-electron chi connectivity index (χ0n) is 9.36. The molecule has 3 aromatic heterocycles. The van der Waals surface area contributed by atoms with Crippen LogP contribution in [0.25, 0.3) is 10.2 Å². The zero-order chi connectivity index (χ0) is 12.5. The maximum atomic E-state index is 5.53. The number of nitrogens with two attached hydrogens (primary N) is 1. The van der Waals surface area contributed by atoms with Gasteiger partial charge >= 0.3 is 6.01 Å². The molecule has 3 aromatic rings. The van der Waals surface area contributed by atoms with Gasteiger partial charge in [-0.15, -0.1) is 16.4 Å². The van der Waals surface area contributed by atoms with Crippen LogP contribution in [0.15, 0.2) is 17.8 Å². The van der Waals surface area contributed by atoms with Crippen LogP contribution in [0.2, 0.25) is 0 Å². The predicted octanol–water partition coefficient (Wildman–Crippen LogP) is 0.898. The Kier molecular flexibility index (Phi) is 2.54. The van der Waals surface area contributed by atoms with Gasteiger partial charge in [0.1, 0.15) is 11.2 Å². The second-order valence-electron chi connectivity index (χ2n) is 3.44. The quantitative estimate of drug-likeness (QED) is 0.534. The highest BCUT2D eigenvalue weighted by atomic mass is 32.1. The third kappa shape index (κ3) is 1.85. The minimum absolute atomic E-state index is 0.228. The van der Waals surface area contributed by atoms with Gasteiger partial charge in [-0.25, -0.2) is 10.8 Å². The lowest BCUT2D eigenvalue weighted by atomic mass is 10.4. The van der Waals surface area contributed by atoms with Gasteiger partial charge in [0.25, 0.3) is 0 Å². The van der Waals surface area contributed by atoms with Gasteiger partial charge in [-0.3, -0.25) is 10.1 Å². The number of rotatable bonds is 3. The average Bonchev–Trinajstić information content (AvgIpc) is 2.98. The maximum Gasteiger partial charge on any atom is 0.342 e. The minimum Gasteiger partial charge on any atom is -0.403 e. The number of hydrogen-bond donors (Lipinski definition) is 2. The Bertz CT molecular complexity index is 691. The van der Waals surface area contributed by atoms with Crippen molar-refractivity contribution in [1.82, 2.24) is 24.7 Å². The van der Waals surface area contributed by atoms with Crippen molar-refractivity contribution >= 4 is 27.5 Å². The summed E-state index contributed by atoms with van der Waals surface area (Å²) in [6.45, 7) is 0. The van der Waals surface area contributed by atoms with Gasteiger partial charge in [0.2, 0.25) is 11.8 Å². The number of nitrogens with one attached hydrogen (secondary N) is 1. The summed E-state index contributed by atoms with van der Waals surface area (Å²) in [5.41, 5.74) is 2.40. The molecule has 0 aliphatic rings. The van der Waals surface area contributed by atoms with E-state index < -0.39 is 0 Å². The number of ether oxygens (including phenoxy) is 1. The van der Waals surface area contributed by atoms with Crippen LogP contribution in [0.1, 0.15) is 0 Å². The molecule has 0 unspecified atom stereocenters. The van der Waals surface area contributed by atoms with Gasteiger partial charge in [0, 0.05) is 7.05 Å². The van der Waals surface area contributed by atoms with Crippen molar-refractivity contribution in [1.29, 1.82) is 0 Å². The highest BCUT2D eigenvalue weighted by Gasteiger charge is 2.12. The number of aromatic nitrogens is 5. The van der Waals surface area contributed by atoms with Crippen molar-refractivity contribution in [3.63, 3.8) is 0 Å². The smallest absolute Gasteiger partial charge is 0.342 e. The molecular formula is C9H9N7OS. The van der Waals surface area contributed by atoms with Crippen LogP contribution in [-0.2, 0) is 7.05 Å². The molecule has 92 valence electrons. The number of thiophene rings is 1. The first-order valence-electron chi connectivity index (χ1n) is 5.01. The summed E-state index contributed by atoms with van der Waals surface area (Å²) < 4.78 is 7.08. The first-order chi connectivity index (χ1) is 8.76. The summed E-state index contributed by atoms with van der Waals surface area (Å²) in [6.07, 6.45) is 1.55. The van der Waals surface area contributed by atoms with E-state index in [1.54, 1.807) is 18.1 Å². The molecule has 0 saturated carbocycles. The predicted molar refractivity (Wildman–Crippen MR) is 66.3 cm³/mol. The van der Waals surface area contributed by atoms with E-state index in [0.29, 0.717) is 5.88 Å². The van der Waals surface area contributed by atoms with Crippen LogP contribution in [0, 0.1) is 0 Å². The van der Waals surface area contributed by atoms with E-state index >= 15 is 0 Å². The highest BCUT2D eigenvalue weighted by Crippen LogP contribution is 2.29. The standard InChI is InChI=1S/C9H9N7OS/c1-16-4-11-9(15-16)17-6-5-2-3-18-7(5)13-8(12-6)14-10/h2-4H,10H2,1H3,(H,12,13,14). The monoisotopic (exact) mass is 263 g/mol. The fraction of sp³-hybridized carbons (Fsp3) is 0.111. The lowest BCUT2D eigenvalue weighted by Gasteiger charge is -2.04. The van der Waals surface area contributed by atoms with Crippen LogP contribution < -0.4 is 16.0 Å². The van der Waals surface area contributed by atoms with E-state index in [-0.39, 0.29) is 12.0 Å². The van der Waals surface area contributed by atoms with Crippen molar-refractivity contribution in [3.8, 4) is 11.9 Å². The summed E-state index contributed by atoms with van der Waals surface area (Å²) in [6, 6.07) is 2.10. The fourth-order valence-corrected chi connectivity index (χ4v) is 2.18. The van der Waals surface area contributed by atoms with Crippen LogP contribution in [-0.4, -0.2) is 24.7 Å². The summed E-state index contributed by atoms with van der Waals surface area (Å²) in [5, 5.41) is 6.73. The summed E-state index contributed by atoms with van der Waals surface area (Å²) in [5.74, 6) is 5.98. The van der Waals surface area contributed by atoms with E-state index in [1.807, 2.05) is 11.4 Å². The molecule has 0 bridgehead atoms. The fourth-order valence-electron chi connectivity index (χ4n) is 1.42. The lowest BCUT2D eigenvalue weighted by Crippen LogP contribution is -2.10. The van der Waals surface area contributed by atoms with Gasteiger partial charge in [-0.2, -0.15) is 9.97 Å². The molecule has 0 saturated heterocycles. The Hall–Kier alpha value is -2.26. The SMILES string of the molecule is Cn1cnc(Oc2nc(NN)nc3sccc23)n1. The molecule has 0 radical (unpaired) electrons. The number of nitrogens with zero attached hydrogens (tertiary/aromatic N) is 5. The molecule has 18 heavy (non-hydrogen) atoms. The van der Waals surface area contributed by atoms with E-state index in [0.717, 1.165) is 10.2 Å². The lowest BCUT2D eigenvalue weighted by molar-refractivity contribution is 0.428. The number of anilines is 1. The molecular weight excluding hydrogens is 254 g/mol. The molecule has 0 amide bonds. The van der Waals surface area contributed by atoms with Gasteiger partial charge in [0.15, 0.2) is 0 Å². The Balaban J connectivity index is 2.06. The Morgan fingerprint density at radius 2 is 2.33 bits per heavy atom. The van der Waals surface area contributed by atoms with Gasteiger partial charge in [0.05, 0.1) is 5.39 Å². The first kappa shape index (κ1) is 10.9.